The van der Waals surface area contributed by atoms with Gasteiger partial charge in [-0.1, -0.05) is 20.8 Å². The molecule has 4 heteroatoms. The van der Waals surface area contributed by atoms with Gasteiger partial charge in [0.2, 0.25) is 0 Å². The van der Waals surface area contributed by atoms with Crippen LogP contribution in [0.3, 0.4) is 0 Å². The summed E-state index contributed by atoms with van der Waals surface area (Å²) >= 11 is 0. The van der Waals surface area contributed by atoms with Crippen LogP contribution in [-0.4, -0.2) is 33.8 Å². The predicted octanol–water partition coefficient (Wildman–Crippen LogP) is 1.25. The van der Waals surface area contributed by atoms with Crippen molar-refractivity contribution in [3.05, 3.63) is 18.1 Å². The molecule has 0 unspecified atom stereocenters. The molecule has 0 aliphatic carbocycles. The highest BCUT2D eigenvalue weighted by molar-refractivity contribution is 5.44. The summed E-state index contributed by atoms with van der Waals surface area (Å²) in [7, 11) is 0. The second kappa shape index (κ2) is 4.01. The Balaban J connectivity index is 2.06. The predicted molar refractivity (Wildman–Crippen MR) is 63.4 cm³/mol. The van der Waals surface area contributed by atoms with E-state index in [4.69, 9.17) is 0 Å². The van der Waals surface area contributed by atoms with Gasteiger partial charge in [-0.25, -0.2) is 9.97 Å². The summed E-state index contributed by atoms with van der Waals surface area (Å²) in [4.78, 5) is 10.5. The van der Waals surface area contributed by atoms with E-state index in [-0.39, 0.29) is 5.92 Å². The Hall–Kier alpha value is -1.16. The Labute approximate surface area is 96.3 Å². The quantitative estimate of drug-likeness (QED) is 0.834. The van der Waals surface area contributed by atoms with Crippen molar-refractivity contribution in [2.24, 2.45) is 5.92 Å². The van der Waals surface area contributed by atoms with Crippen LogP contribution in [0.15, 0.2) is 12.4 Å². The molecule has 0 amide bonds. The molecule has 0 atom stereocenters. The third-order valence-electron chi connectivity index (χ3n) is 3.40. The fourth-order valence-corrected chi connectivity index (χ4v) is 1.89. The third kappa shape index (κ3) is 1.89. The van der Waals surface area contributed by atoms with Gasteiger partial charge in [0.05, 0.1) is 13.1 Å². The highest BCUT2D eigenvalue weighted by atomic mass is 16.3. The Morgan fingerprint density at radius 1 is 1.44 bits per heavy atom. The van der Waals surface area contributed by atoms with Crippen LogP contribution in [0, 0.1) is 5.92 Å². The SMILES string of the molecule is CCc1cc(N2CC(O)(C(C)C)C2)ncn1. The molecule has 0 saturated carbocycles. The van der Waals surface area contributed by atoms with Crippen LogP contribution in [0.2, 0.25) is 0 Å². The van der Waals surface area contributed by atoms with Crippen molar-refractivity contribution in [2.75, 3.05) is 18.0 Å². The highest BCUT2D eigenvalue weighted by Gasteiger charge is 2.44. The van der Waals surface area contributed by atoms with Gasteiger partial charge < -0.3 is 10.0 Å². The Bertz CT molecular complexity index is 372. The number of aryl methyl sites for hydroxylation is 1. The molecule has 1 aromatic heterocycles. The van der Waals surface area contributed by atoms with Gasteiger partial charge in [0.15, 0.2) is 0 Å². The third-order valence-corrected chi connectivity index (χ3v) is 3.40. The van der Waals surface area contributed by atoms with E-state index < -0.39 is 5.60 Å². The molecule has 1 aromatic rings. The van der Waals surface area contributed by atoms with Gasteiger partial charge in [-0.3, -0.25) is 0 Å². The molecule has 1 aliphatic rings. The van der Waals surface area contributed by atoms with Crippen molar-refractivity contribution >= 4 is 5.82 Å². The molecule has 1 saturated heterocycles. The Morgan fingerprint density at radius 2 is 2.12 bits per heavy atom. The lowest BCUT2D eigenvalue weighted by Crippen LogP contribution is -2.65. The topological polar surface area (TPSA) is 49.2 Å². The van der Waals surface area contributed by atoms with Gasteiger partial charge >= 0.3 is 0 Å². The van der Waals surface area contributed by atoms with Crippen LogP contribution in [0.25, 0.3) is 0 Å². The summed E-state index contributed by atoms with van der Waals surface area (Å²) in [6.45, 7) is 7.52. The van der Waals surface area contributed by atoms with Crippen molar-refractivity contribution in [3.63, 3.8) is 0 Å². The fourth-order valence-electron chi connectivity index (χ4n) is 1.89. The first-order valence-corrected chi connectivity index (χ1v) is 5.83. The first-order chi connectivity index (χ1) is 7.55. The maximum Gasteiger partial charge on any atom is 0.132 e. The second-order valence-electron chi connectivity index (χ2n) is 4.84. The van der Waals surface area contributed by atoms with Gasteiger partial charge in [0, 0.05) is 11.8 Å². The van der Waals surface area contributed by atoms with Crippen molar-refractivity contribution in [1.29, 1.82) is 0 Å². The van der Waals surface area contributed by atoms with Crippen LogP contribution in [0.4, 0.5) is 5.82 Å². The van der Waals surface area contributed by atoms with Gasteiger partial charge in [-0.05, 0) is 12.3 Å². The molecule has 0 bridgehead atoms. The van der Waals surface area contributed by atoms with Gasteiger partial charge in [-0.15, -0.1) is 0 Å². The van der Waals surface area contributed by atoms with Crippen LogP contribution in [-0.2, 0) is 6.42 Å². The molecular formula is C12H19N3O. The standard InChI is InChI=1S/C12H19N3O/c1-4-10-5-11(14-8-13-10)15-6-12(16,7-15)9(2)3/h5,8-9,16H,4,6-7H2,1-3H3. The van der Waals surface area contributed by atoms with E-state index in [1.54, 1.807) is 6.33 Å². The van der Waals surface area contributed by atoms with E-state index >= 15 is 0 Å². The molecule has 16 heavy (non-hydrogen) atoms. The van der Waals surface area contributed by atoms with E-state index in [1.807, 2.05) is 6.07 Å². The summed E-state index contributed by atoms with van der Waals surface area (Å²) in [6, 6.07) is 2.00. The van der Waals surface area contributed by atoms with E-state index in [9.17, 15) is 5.11 Å². The first-order valence-electron chi connectivity index (χ1n) is 5.83. The lowest BCUT2D eigenvalue weighted by atomic mass is 9.83. The molecule has 4 nitrogen and oxygen atoms in total. The van der Waals surface area contributed by atoms with Crippen LogP contribution in [0.5, 0.6) is 0 Å². The zero-order valence-electron chi connectivity index (χ0n) is 10.1. The smallest absolute Gasteiger partial charge is 0.132 e. The number of nitrogens with zero attached hydrogens (tertiary/aromatic N) is 3. The number of hydrogen-bond donors (Lipinski definition) is 1. The van der Waals surface area contributed by atoms with Crippen LogP contribution >= 0.6 is 0 Å². The van der Waals surface area contributed by atoms with Gasteiger partial charge in [0.25, 0.3) is 0 Å². The summed E-state index contributed by atoms with van der Waals surface area (Å²) < 4.78 is 0. The molecule has 1 fully saturated rings. The fraction of sp³-hybridized carbons (Fsp3) is 0.667. The number of β-amino-alcohol motifs (C(OH)–C–C–N with tert-alkyl or cyclic N) is 1. The lowest BCUT2D eigenvalue weighted by Gasteiger charge is -2.49. The average molecular weight is 221 g/mol. The number of aliphatic hydroxyl groups is 1. The van der Waals surface area contributed by atoms with Crippen molar-refractivity contribution in [3.8, 4) is 0 Å². The largest absolute Gasteiger partial charge is 0.386 e. The van der Waals surface area contributed by atoms with E-state index in [0.717, 1.165) is 17.9 Å². The zero-order valence-corrected chi connectivity index (χ0v) is 10.1. The first kappa shape index (κ1) is 11.3. The second-order valence-corrected chi connectivity index (χ2v) is 4.84. The van der Waals surface area contributed by atoms with Gasteiger partial charge in [-0.2, -0.15) is 0 Å². The summed E-state index contributed by atoms with van der Waals surface area (Å²) in [5.41, 5.74) is 0.502. The van der Waals surface area contributed by atoms with Crippen LogP contribution in [0.1, 0.15) is 26.5 Å². The highest BCUT2D eigenvalue weighted by Crippen LogP contribution is 2.31. The van der Waals surface area contributed by atoms with Crippen LogP contribution < -0.4 is 4.90 Å². The van der Waals surface area contributed by atoms with Crippen molar-refractivity contribution < 1.29 is 5.11 Å². The van der Waals surface area contributed by atoms with E-state index in [1.165, 1.54) is 0 Å². The van der Waals surface area contributed by atoms with Crippen molar-refractivity contribution in [2.45, 2.75) is 32.8 Å². The molecule has 0 radical (unpaired) electrons. The van der Waals surface area contributed by atoms with Gasteiger partial charge in [0.1, 0.15) is 17.7 Å². The molecule has 0 aromatic carbocycles. The molecular weight excluding hydrogens is 202 g/mol. The minimum atomic E-state index is -0.544. The molecule has 2 rings (SSSR count). The van der Waals surface area contributed by atoms with Crippen molar-refractivity contribution in [1.82, 2.24) is 9.97 Å². The number of rotatable bonds is 3. The maximum absolute atomic E-state index is 10.2. The van der Waals surface area contributed by atoms with E-state index in [0.29, 0.717) is 13.1 Å². The maximum atomic E-state index is 10.2. The normalized spacial score (nSPS) is 18.7. The lowest BCUT2D eigenvalue weighted by molar-refractivity contribution is -0.0304. The summed E-state index contributed by atoms with van der Waals surface area (Å²) in [6.07, 6.45) is 2.51. The molecule has 2 heterocycles. The number of anilines is 1. The van der Waals surface area contributed by atoms with E-state index in [2.05, 4.69) is 35.6 Å². The summed E-state index contributed by atoms with van der Waals surface area (Å²) in [5.74, 6) is 1.22. The minimum Gasteiger partial charge on any atom is -0.386 e. The number of hydrogen-bond acceptors (Lipinski definition) is 4. The number of aromatic nitrogens is 2. The molecule has 1 N–H and O–H groups in total. The molecule has 88 valence electrons. The average Bonchev–Trinajstić information content (AvgIpc) is 2.24. The molecule has 1 aliphatic heterocycles. The molecule has 0 spiro atoms. The monoisotopic (exact) mass is 221 g/mol. The zero-order chi connectivity index (χ0) is 11.8. The minimum absolute atomic E-state index is 0.288. The Kier molecular flexibility index (Phi) is 2.84. The Morgan fingerprint density at radius 3 is 2.69 bits per heavy atom. The summed E-state index contributed by atoms with van der Waals surface area (Å²) in [5, 5.41) is 10.2.